The minimum absolute atomic E-state index is 0.143. The van der Waals surface area contributed by atoms with Gasteiger partial charge in [0.15, 0.2) is 5.13 Å². The summed E-state index contributed by atoms with van der Waals surface area (Å²) in [6, 6.07) is 17.1. The van der Waals surface area contributed by atoms with Crippen LogP contribution in [0.5, 0.6) is 5.75 Å². The van der Waals surface area contributed by atoms with Crippen LogP contribution < -0.4 is 10.1 Å². The van der Waals surface area contributed by atoms with Gasteiger partial charge in [-0.1, -0.05) is 30.3 Å². The third-order valence-electron chi connectivity index (χ3n) is 3.35. The van der Waals surface area contributed by atoms with Crippen LogP contribution in [0.25, 0.3) is 0 Å². The Hall–Kier alpha value is -2.66. The number of thiazole rings is 1. The number of hydrogen-bond donors (Lipinski definition) is 1. The lowest BCUT2D eigenvalue weighted by atomic mass is 10.1. The highest BCUT2D eigenvalue weighted by Crippen LogP contribution is 2.22. The molecule has 0 atom stereocenters. The SMILES string of the molecule is COc1ccc(Cc2cnc(NC(=O)c3ccccc3)s2)cc1. The highest BCUT2D eigenvalue weighted by molar-refractivity contribution is 7.15. The second kappa shape index (κ2) is 7.07. The highest BCUT2D eigenvalue weighted by Gasteiger charge is 2.09. The fourth-order valence-electron chi connectivity index (χ4n) is 2.15. The number of carbonyl (C=O) groups excluding carboxylic acids is 1. The number of benzene rings is 2. The number of amides is 1. The van der Waals surface area contributed by atoms with E-state index in [1.165, 1.54) is 16.9 Å². The third-order valence-corrected chi connectivity index (χ3v) is 4.26. The van der Waals surface area contributed by atoms with Gasteiger partial charge in [0.05, 0.1) is 7.11 Å². The Bertz CT molecular complexity index is 782. The van der Waals surface area contributed by atoms with Crippen molar-refractivity contribution in [2.24, 2.45) is 0 Å². The molecule has 0 spiro atoms. The molecule has 1 aromatic heterocycles. The molecular formula is C18H16N2O2S. The van der Waals surface area contributed by atoms with E-state index in [0.717, 1.165) is 17.0 Å². The molecule has 1 amide bonds. The molecule has 0 aliphatic carbocycles. The quantitative estimate of drug-likeness (QED) is 0.772. The lowest BCUT2D eigenvalue weighted by Gasteiger charge is -2.02. The molecule has 4 nitrogen and oxygen atoms in total. The molecule has 0 fully saturated rings. The monoisotopic (exact) mass is 324 g/mol. The largest absolute Gasteiger partial charge is 0.497 e. The molecule has 0 saturated carbocycles. The van der Waals surface area contributed by atoms with Gasteiger partial charge in [0.25, 0.3) is 5.91 Å². The van der Waals surface area contributed by atoms with Gasteiger partial charge in [0.1, 0.15) is 5.75 Å². The first-order chi connectivity index (χ1) is 11.2. The zero-order valence-electron chi connectivity index (χ0n) is 12.7. The number of carbonyl (C=O) groups is 1. The van der Waals surface area contributed by atoms with Crippen LogP contribution in [0.15, 0.2) is 60.8 Å². The topological polar surface area (TPSA) is 51.2 Å². The maximum Gasteiger partial charge on any atom is 0.257 e. The Morgan fingerprint density at radius 2 is 1.87 bits per heavy atom. The van der Waals surface area contributed by atoms with Crippen LogP contribution in [0.3, 0.4) is 0 Å². The second-order valence-corrected chi connectivity index (χ2v) is 6.09. The van der Waals surface area contributed by atoms with Gasteiger partial charge in [-0.2, -0.15) is 0 Å². The Morgan fingerprint density at radius 1 is 1.13 bits per heavy atom. The Balaban J connectivity index is 1.64. The van der Waals surface area contributed by atoms with Crippen LogP contribution in [0.2, 0.25) is 0 Å². The Kier molecular flexibility index (Phi) is 4.68. The summed E-state index contributed by atoms with van der Waals surface area (Å²) < 4.78 is 5.15. The summed E-state index contributed by atoms with van der Waals surface area (Å²) in [7, 11) is 1.65. The molecule has 0 radical (unpaired) electrons. The van der Waals surface area contributed by atoms with Crippen molar-refractivity contribution in [2.75, 3.05) is 12.4 Å². The maximum absolute atomic E-state index is 12.1. The van der Waals surface area contributed by atoms with E-state index in [2.05, 4.69) is 10.3 Å². The standard InChI is InChI=1S/C18H16N2O2S/c1-22-15-9-7-13(8-10-15)11-16-12-19-18(23-16)20-17(21)14-5-3-2-4-6-14/h2-10,12H,11H2,1H3,(H,19,20,21). The Labute approximate surface area is 138 Å². The molecule has 23 heavy (non-hydrogen) atoms. The Morgan fingerprint density at radius 3 is 2.57 bits per heavy atom. The van der Waals surface area contributed by atoms with Crippen molar-refractivity contribution in [1.29, 1.82) is 0 Å². The van der Waals surface area contributed by atoms with Crippen molar-refractivity contribution in [3.05, 3.63) is 76.8 Å². The van der Waals surface area contributed by atoms with Gasteiger partial charge in [-0.05, 0) is 29.8 Å². The van der Waals surface area contributed by atoms with Crippen molar-refractivity contribution in [3.8, 4) is 5.75 Å². The predicted octanol–water partition coefficient (Wildman–Crippen LogP) is 3.99. The van der Waals surface area contributed by atoms with Gasteiger partial charge in [-0.25, -0.2) is 4.98 Å². The van der Waals surface area contributed by atoms with Crippen molar-refractivity contribution in [3.63, 3.8) is 0 Å². The molecule has 1 N–H and O–H groups in total. The molecule has 3 rings (SSSR count). The second-order valence-electron chi connectivity index (χ2n) is 4.98. The molecule has 1 heterocycles. The molecule has 0 unspecified atom stereocenters. The maximum atomic E-state index is 12.1. The van der Waals surface area contributed by atoms with Gasteiger partial charge in [-0.15, -0.1) is 11.3 Å². The fourth-order valence-corrected chi connectivity index (χ4v) is 2.99. The van der Waals surface area contributed by atoms with Crippen LogP contribution in [-0.4, -0.2) is 18.0 Å². The van der Waals surface area contributed by atoms with Crippen LogP contribution in [-0.2, 0) is 6.42 Å². The minimum atomic E-state index is -0.143. The van der Waals surface area contributed by atoms with Crippen LogP contribution in [0.1, 0.15) is 20.8 Å². The predicted molar refractivity (Wildman–Crippen MR) is 92.3 cm³/mol. The van der Waals surface area contributed by atoms with Crippen molar-refractivity contribution >= 4 is 22.4 Å². The zero-order chi connectivity index (χ0) is 16.1. The first kappa shape index (κ1) is 15.2. The number of hydrogen-bond acceptors (Lipinski definition) is 4. The molecule has 0 bridgehead atoms. The van der Waals surface area contributed by atoms with E-state index >= 15 is 0 Å². The van der Waals surface area contributed by atoms with Crippen molar-refractivity contribution in [2.45, 2.75) is 6.42 Å². The summed E-state index contributed by atoms with van der Waals surface area (Å²) in [4.78, 5) is 17.5. The average Bonchev–Trinajstić information content (AvgIpc) is 3.03. The average molecular weight is 324 g/mol. The summed E-state index contributed by atoms with van der Waals surface area (Å²) in [5.74, 6) is 0.699. The number of anilines is 1. The molecular weight excluding hydrogens is 308 g/mol. The van der Waals surface area contributed by atoms with E-state index in [0.29, 0.717) is 10.7 Å². The van der Waals surface area contributed by atoms with Gasteiger partial charge < -0.3 is 4.74 Å². The summed E-state index contributed by atoms with van der Waals surface area (Å²) in [6.45, 7) is 0. The molecule has 5 heteroatoms. The molecule has 3 aromatic rings. The third kappa shape index (κ3) is 3.96. The zero-order valence-corrected chi connectivity index (χ0v) is 13.5. The van der Waals surface area contributed by atoms with E-state index in [1.807, 2.05) is 42.5 Å². The van der Waals surface area contributed by atoms with Gasteiger partial charge >= 0.3 is 0 Å². The van der Waals surface area contributed by atoms with Crippen molar-refractivity contribution < 1.29 is 9.53 Å². The number of nitrogens with one attached hydrogen (secondary N) is 1. The van der Waals surface area contributed by atoms with E-state index in [9.17, 15) is 4.79 Å². The van der Waals surface area contributed by atoms with E-state index in [4.69, 9.17) is 4.74 Å². The summed E-state index contributed by atoms with van der Waals surface area (Å²) in [5.41, 5.74) is 1.80. The summed E-state index contributed by atoms with van der Waals surface area (Å²) in [6.07, 6.45) is 2.58. The van der Waals surface area contributed by atoms with Crippen LogP contribution >= 0.6 is 11.3 Å². The number of ether oxygens (including phenoxy) is 1. The number of aromatic nitrogens is 1. The normalized spacial score (nSPS) is 10.3. The minimum Gasteiger partial charge on any atom is -0.497 e. The van der Waals surface area contributed by atoms with Gasteiger partial charge in [-0.3, -0.25) is 10.1 Å². The number of rotatable bonds is 5. The number of nitrogens with zero attached hydrogens (tertiary/aromatic N) is 1. The summed E-state index contributed by atoms with van der Waals surface area (Å²) >= 11 is 1.49. The van der Waals surface area contributed by atoms with Gasteiger partial charge in [0.2, 0.25) is 0 Å². The lowest BCUT2D eigenvalue weighted by molar-refractivity contribution is 0.102. The molecule has 0 saturated heterocycles. The van der Waals surface area contributed by atoms with Crippen LogP contribution in [0.4, 0.5) is 5.13 Å². The smallest absolute Gasteiger partial charge is 0.257 e. The molecule has 116 valence electrons. The number of methoxy groups -OCH3 is 1. The van der Waals surface area contributed by atoms with Crippen LogP contribution in [0, 0.1) is 0 Å². The first-order valence-corrected chi connectivity index (χ1v) is 8.00. The van der Waals surface area contributed by atoms with Crippen molar-refractivity contribution in [1.82, 2.24) is 4.98 Å². The first-order valence-electron chi connectivity index (χ1n) is 7.18. The highest BCUT2D eigenvalue weighted by atomic mass is 32.1. The lowest BCUT2D eigenvalue weighted by Crippen LogP contribution is -2.11. The molecule has 0 aliphatic heterocycles. The van der Waals surface area contributed by atoms with E-state index in [1.54, 1.807) is 25.4 Å². The van der Waals surface area contributed by atoms with E-state index < -0.39 is 0 Å². The van der Waals surface area contributed by atoms with Gasteiger partial charge in [0, 0.05) is 23.1 Å². The fraction of sp³-hybridized carbons (Fsp3) is 0.111. The molecule has 0 aliphatic rings. The van der Waals surface area contributed by atoms with E-state index in [-0.39, 0.29) is 5.91 Å². The molecule has 2 aromatic carbocycles. The summed E-state index contributed by atoms with van der Waals surface area (Å²) in [5, 5.41) is 3.44.